The van der Waals surface area contributed by atoms with Crippen molar-refractivity contribution in [1.82, 2.24) is 4.90 Å². The third-order valence-electron chi connectivity index (χ3n) is 7.07. The maximum atomic E-state index is 15.0. The van der Waals surface area contributed by atoms with Crippen LogP contribution in [0.3, 0.4) is 0 Å². The molecule has 1 N–H and O–H groups in total. The lowest BCUT2D eigenvalue weighted by Crippen LogP contribution is -2.49. The van der Waals surface area contributed by atoms with E-state index in [9.17, 15) is 13.9 Å². The number of nitrogens with zero attached hydrogens (tertiary/aromatic N) is 2. The zero-order valence-electron chi connectivity index (χ0n) is 16.1. The van der Waals surface area contributed by atoms with E-state index in [2.05, 4.69) is 11.9 Å². The zero-order valence-corrected chi connectivity index (χ0v) is 16.1. The quantitative estimate of drug-likeness (QED) is 0.867. The fourth-order valence-electron chi connectivity index (χ4n) is 5.58. The second-order valence-electron chi connectivity index (χ2n) is 9.14. The Kier molecular flexibility index (Phi) is 4.31. The number of piperidine rings is 1. The van der Waals surface area contributed by atoms with Crippen LogP contribution in [-0.2, 0) is 12.0 Å². The van der Waals surface area contributed by atoms with Gasteiger partial charge in [-0.3, -0.25) is 0 Å². The van der Waals surface area contributed by atoms with Gasteiger partial charge in [-0.15, -0.1) is 0 Å². The van der Waals surface area contributed by atoms with Gasteiger partial charge < -0.3 is 14.9 Å². The second-order valence-corrected chi connectivity index (χ2v) is 9.14. The molecule has 1 unspecified atom stereocenters. The van der Waals surface area contributed by atoms with Gasteiger partial charge in [0.1, 0.15) is 17.2 Å². The Morgan fingerprint density at radius 1 is 1.04 bits per heavy atom. The molecule has 2 fully saturated rings. The minimum absolute atomic E-state index is 0.0255. The monoisotopic (exact) mass is 364 g/mol. The van der Waals surface area contributed by atoms with Gasteiger partial charge in [-0.2, -0.15) is 0 Å². The molecule has 5 heteroatoms. The van der Waals surface area contributed by atoms with Crippen molar-refractivity contribution in [2.75, 3.05) is 38.1 Å². The minimum Gasteiger partial charge on any atom is -0.384 e. The van der Waals surface area contributed by atoms with E-state index in [1.807, 2.05) is 18.7 Å². The molecule has 1 aliphatic carbocycles. The fourth-order valence-corrected chi connectivity index (χ4v) is 5.58. The lowest BCUT2D eigenvalue weighted by molar-refractivity contribution is -0.121. The summed E-state index contributed by atoms with van der Waals surface area (Å²) in [5.41, 5.74) is -0.161. The predicted molar refractivity (Wildman–Crippen MR) is 99.4 cm³/mol. The predicted octanol–water partition coefficient (Wildman–Crippen LogP) is 3.68. The number of hydrogen-bond donors (Lipinski definition) is 1. The Balaban J connectivity index is 1.89. The molecule has 0 radical (unpaired) electrons. The van der Waals surface area contributed by atoms with Crippen LogP contribution in [0.15, 0.2) is 6.07 Å². The van der Waals surface area contributed by atoms with Crippen molar-refractivity contribution in [3.63, 3.8) is 0 Å². The second kappa shape index (κ2) is 6.16. The molecular formula is C21H30F2N2O. The Bertz CT molecular complexity index is 706. The zero-order chi connectivity index (χ0) is 18.7. The maximum Gasteiger partial charge on any atom is 0.149 e. The first kappa shape index (κ1) is 18.2. The molecule has 4 rings (SSSR count). The topological polar surface area (TPSA) is 26.7 Å². The number of fused-ring (bicyclic) bond motifs is 1. The fraction of sp³-hybridized carbons (Fsp3) is 0.714. The summed E-state index contributed by atoms with van der Waals surface area (Å²) in [7, 11) is 2.09. The number of anilines is 1. The number of hydrogen-bond acceptors (Lipinski definition) is 3. The van der Waals surface area contributed by atoms with Gasteiger partial charge in [-0.05, 0) is 63.7 Å². The first-order valence-corrected chi connectivity index (χ1v) is 9.93. The van der Waals surface area contributed by atoms with E-state index in [-0.39, 0.29) is 5.92 Å². The van der Waals surface area contributed by atoms with Crippen LogP contribution < -0.4 is 4.90 Å². The van der Waals surface area contributed by atoms with E-state index in [0.717, 1.165) is 57.9 Å². The molecule has 3 aliphatic rings. The Labute approximate surface area is 155 Å². The number of aliphatic hydroxyl groups is 1. The number of halogens is 2. The first-order valence-electron chi connectivity index (χ1n) is 9.93. The molecule has 2 saturated heterocycles. The van der Waals surface area contributed by atoms with Crippen LogP contribution in [0, 0.1) is 23.0 Å². The summed E-state index contributed by atoms with van der Waals surface area (Å²) in [6.07, 6.45) is 4.20. The molecule has 26 heavy (non-hydrogen) atoms. The van der Waals surface area contributed by atoms with Crippen molar-refractivity contribution in [2.45, 2.75) is 51.6 Å². The molecule has 0 aromatic heterocycles. The molecule has 0 spiro atoms. The third kappa shape index (κ3) is 2.50. The van der Waals surface area contributed by atoms with Gasteiger partial charge in [0.2, 0.25) is 0 Å². The smallest absolute Gasteiger partial charge is 0.149 e. The largest absolute Gasteiger partial charge is 0.384 e. The molecule has 0 saturated carbocycles. The van der Waals surface area contributed by atoms with Gasteiger partial charge in [-0.25, -0.2) is 8.78 Å². The van der Waals surface area contributed by atoms with E-state index in [4.69, 9.17) is 0 Å². The number of likely N-dealkylation sites (tertiary alicyclic amines) is 1. The van der Waals surface area contributed by atoms with E-state index in [1.165, 1.54) is 0 Å². The lowest BCUT2D eigenvalue weighted by Gasteiger charge is -2.47. The van der Waals surface area contributed by atoms with Crippen LogP contribution in [0.5, 0.6) is 0 Å². The molecule has 3 nitrogen and oxygen atoms in total. The Hall–Kier alpha value is -1.20. The number of rotatable bonds is 2. The van der Waals surface area contributed by atoms with E-state index >= 15 is 0 Å². The molecule has 1 aromatic carbocycles. The summed E-state index contributed by atoms with van der Waals surface area (Å²) in [6, 6.07) is 1.03. The summed E-state index contributed by atoms with van der Waals surface area (Å²) >= 11 is 0. The van der Waals surface area contributed by atoms with Crippen LogP contribution >= 0.6 is 0 Å². The van der Waals surface area contributed by atoms with Gasteiger partial charge in [0.25, 0.3) is 0 Å². The number of benzene rings is 1. The van der Waals surface area contributed by atoms with Crippen molar-refractivity contribution in [1.29, 1.82) is 0 Å². The molecule has 2 aliphatic heterocycles. The Morgan fingerprint density at radius 2 is 1.65 bits per heavy atom. The maximum absolute atomic E-state index is 15.0. The first-order chi connectivity index (χ1) is 12.3. The summed E-state index contributed by atoms with van der Waals surface area (Å²) < 4.78 is 29.7. The highest BCUT2D eigenvalue weighted by molar-refractivity contribution is 5.64. The van der Waals surface area contributed by atoms with Crippen LogP contribution in [-0.4, -0.2) is 43.2 Å². The average molecular weight is 364 g/mol. The van der Waals surface area contributed by atoms with Gasteiger partial charge >= 0.3 is 0 Å². The van der Waals surface area contributed by atoms with Crippen molar-refractivity contribution in [2.24, 2.45) is 11.3 Å². The molecule has 2 heterocycles. The molecule has 144 valence electrons. The summed E-state index contributed by atoms with van der Waals surface area (Å²) in [5, 5.41) is 12.1. The van der Waals surface area contributed by atoms with E-state index < -0.39 is 22.7 Å². The molecule has 1 atom stereocenters. The highest BCUT2D eigenvalue weighted by Crippen LogP contribution is 2.59. The highest BCUT2D eigenvalue weighted by Gasteiger charge is 2.58. The normalized spacial score (nSPS) is 29.4. The summed E-state index contributed by atoms with van der Waals surface area (Å²) in [6.45, 7) is 7.40. The average Bonchev–Trinajstić information content (AvgIpc) is 3.17. The molecule has 1 aromatic rings. The van der Waals surface area contributed by atoms with Gasteiger partial charge in [0, 0.05) is 30.1 Å². The third-order valence-corrected chi connectivity index (χ3v) is 7.07. The van der Waals surface area contributed by atoms with Crippen LogP contribution in [0.2, 0.25) is 0 Å². The van der Waals surface area contributed by atoms with Gasteiger partial charge in [0.15, 0.2) is 0 Å². The molecule has 0 amide bonds. The van der Waals surface area contributed by atoms with Crippen LogP contribution in [0.4, 0.5) is 14.5 Å². The molecule has 0 bridgehead atoms. The SMILES string of the molecule is CN1CCC(C2(O)c3c(c(F)cc(F)c3N3CCCC3)CC2(C)C)CC1. The van der Waals surface area contributed by atoms with Crippen molar-refractivity contribution in [3.8, 4) is 0 Å². The van der Waals surface area contributed by atoms with Crippen LogP contribution in [0.1, 0.15) is 50.7 Å². The van der Waals surface area contributed by atoms with Crippen LogP contribution in [0.25, 0.3) is 0 Å². The van der Waals surface area contributed by atoms with Gasteiger partial charge in [0.05, 0.1) is 5.69 Å². The Morgan fingerprint density at radius 3 is 2.27 bits per heavy atom. The minimum atomic E-state index is -1.19. The van der Waals surface area contributed by atoms with Crippen molar-refractivity contribution >= 4 is 5.69 Å². The molecular weight excluding hydrogens is 334 g/mol. The summed E-state index contributed by atoms with van der Waals surface area (Å²) in [5.74, 6) is -0.998. The van der Waals surface area contributed by atoms with Crippen molar-refractivity contribution < 1.29 is 13.9 Å². The van der Waals surface area contributed by atoms with Gasteiger partial charge in [-0.1, -0.05) is 13.8 Å². The summed E-state index contributed by atoms with van der Waals surface area (Å²) in [4.78, 5) is 4.28. The standard InChI is InChI=1S/C21H30F2N2O/c1-20(2)13-15-16(22)12-17(23)19(25-8-4-5-9-25)18(15)21(20,26)14-6-10-24(3)11-7-14/h12,14,26H,4-11,13H2,1-3H3. The highest BCUT2D eigenvalue weighted by atomic mass is 19.1. The van der Waals surface area contributed by atoms with E-state index in [1.54, 1.807) is 0 Å². The van der Waals surface area contributed by atoms with E-state index in [0.29, 0.717) is 23.2 Å². The van der Waals surface area contributed by atoms with Crippen molar-refractivity contribution in [3.05, 3.63) is 28.8 Å². The lowest BCUT2D eigenvalue weighted by atomic mass is 9.65.